The largest absolute Gasteiger partial charge is 0.420 e. The summed E-state index contributed by atoms with van der Waals surface area (Å²) in [5, 5.41) is 0. The molecule has 2 N–H and O–H groups in total. The third-order valence-electron chi connectivity index (χ3n) is 3.51. The van der Waals surface area contributed by atoms with Gasteiger partial charge < -0.3 is 4.42 Å². The molecule has 0 radical (unpaired) electrons. The topological polar surface area (TPSA) is 106 Å². The van der Waals surface area contributed by atoms with Gasteiger partial charge in [-0.05, 0) is 31.2 Å². The highest BCUT2D eigenvalue weighted by Gasteiger charge is 2.21. The summed E-state index contributed by atoms with van der Waals surface area (Å²) < 4.78 is 6.32. The molecule has 1 atom stereocenters. The minimum atomic E-state index is -0.865. The van der Waals surface area contributed by atoms with Gasteiger partial charge in [0.25, 0.3) is 11.8 Å². The number of nitrogens with zero attached hydrogens (tertiary/aromatic N) is 2. The van der Waals surface area contributed by atoms with E-state index in [-0.39, 0.29) is 0 Å². The zero-order valence-corrected chi connectivity index (χ0v) is 12.7. The number of fused-ring (bicyclic) bond motifs is 1. The van der Waals surface area contributed by atoms with Crippen molar-refractivity contribution in [2.75, 3.05) is 0 Å². The van der Waals surface area contributed by atoms with E-state index in [9.17, 15) is 14.4 Å². The molecule has 2 heterocycles. The summed E-state index contributed by atoms with van der Waals surface area (Å²) in [4.78, 5) is 39.9. The second-order valence-corrected chi connectivity index (χ2v) is 5.07. The highest BCUT2D eigenvalue weighted by Crippen LogP contribution is 2.16. The zero-order valence-electron chi connectivity index (χ0n) is 12.7. The van der Waals surface area contributed by atoms with Crippen LogP contribution < -0.4 is 16.6 Å². The normalized spacial score (nSPS) is 11.9. The lowest BCUT2D eigenvalue weighted by Gasteiger charge is -2.13. The fraction of sp³-hybridized carbons (Fsp3) is 0.125. The van der Waals surface area contributed by atoms with Crippen LogP contribution in [0.1, 0.15) is 23.3 Å². The first-order valence-corrected chi connectivity index (χ1v) is 7.18. The number of carbonyl (C=O) groups excluding carboxylic acids is 2. The van der Waals surface area contributed by atoms with Crippen LogP contribution in [0.5, 0.6) is 0 Å². The van der Waals surface area contributed by atoms with Crippen LogP contribution >= 0.6 is 0 Å². The quantitative estimate of drug-likeness (QED) is 0.699. The highest BCUT2D eigenvalue weighted by molar-refractivity contribution is 5.95. The second-order valence-electron chi connectivity index (χ2n) is 5.07. The predicted octanol–water partition coefficient (Wildman–Crippen LogP) is 1.01. The number of hydrazine groups is 1. The molecule has 3 aromatic rings. The number of hydrogen-bond donors (Lipinski definition) is 2. The van der Waals surface area contributed by atoms with Gasteiger partial charge >= 0.3 is 5.76 Å². The Bertz CT molecular complexity index is 945. The minimum absolute atomic E-state index is 0.302. The van der Waals surface area contributed by atoms with Crippen molar-refractivity contribution in [2.45, 2.75) is 13.0 Å². The van der Waals surface area contributed by atoms with E-state index in [2.05, 4.69) is 15.8 Å². The molecular formula is C16H14N4O4. The molecule has 0 spiro atoms. The molecule has 8 heteroatoms. The third-order valence-corrected chi connectivity index (χ3v) is 3.51. The molecule has 8 nitrogen and oxygen atoms in total. The van der Waals surface area contributed by atoms with Gasteiger partial charge in [-0.25, -0.2) is 4.79 Å². The molecule has 3 rings (SSSR count). The number of benzene rings is 1. The fourth-order valence-corrected chi connectivity index (χ4v) is 2.26. The van der Waals surface area contributed by atoms with E-state index in [1.165, 1.54) is 23.9 Å². The van der Waals surface area contributed by atoms with Gasteiger partial charge in [-0.15, -0.1) is 0 Å². The van der Waals surface area contributed by atoms with Gasteiger partial charge in [-0.1, -0.05) is 12.1 Å². The van der Waals surface area contributed by atoms with E-state index in [0.717, 1.165) is 0 Å². The maximum Gasteiger partial charge on any atom is 0.420 e. The molecule has 0 saturated carbocycles. The fourth-order valence-electron chi connectivity index (χ4n) is 2.26. The summed E-state index contributed by atoms with van der Waals surface area (Å²) in [5.74, 6) is -1.70. The molecule has 0 bridgehead atoms. The first kappa shape index (κ1) is 15.5. The Kier molecular flexibility index (Phi) is 4.11. The van der Waals surface area contributed by atoms with Crippen LogP contribution in [0.4, 0.5) is 0 Å². The van der Waals surface area contributed by atoms with E-state index in [0.29, 0.717) is 16.7 Å². The van der Waals surface area contributed by atoms with E-state index in [1.54, 1.807) is 36.4 Å². The van der Waals surface area contributed by atoms with Crippen LogP contribution in [0.2, 0.25) is 0 Å². The number of oxazole rings is 1. The van der Waals surface area contributed by atoms with E-state index in [1.807, 2.05) is 0 Å². The first-order valence-electron chi connectivity index (χ1n) is 7.18. The number of hydrogen-bond acceptors (Lipinski definition) is 5. The van der Waals surface area contributed by atoms with Crippen LogP contribution in [0.3, 0.4) is 0 Å². The van der Waals surface area contributed by atoms with Gasteiger partial charge in [0.15, 0.2) is 5.58 Å². The lowest BCUT2D eigenvalue weighted by Crippen LogP contribution is -2.45. The molecule has 0 aliphatic carbocycles. The maximum atomic E-state index is 12.2. The maximum absolute atomic E-state index is 12.2. The van der Waals surface area contributed by atoms with Crippen molar-refractivity contribution in [3.8, 4) is 0 Å². The zero-order chi connectivity index (χ0) is 17.1. The number of nitrogens with one attached hydrogen (secondary N) is 2. The molecule has 0 fully saturated rings. The van der Waals surface area contributed by atoms with Crippen molar-refractivity contribution in [1.29, 1.82) is 0 Å². The molecule has 1 aromatic carbocycles. The van der Waals surface area contributed by atoms with Crippen molar-refractivity contribution in [2.24, 2.45) is 0 Å². The Morgan fingerprint density at radius 1 is 1.17 bits per heavy atom. The number of rotatable bonds is 3. The number of carbonyl (C=O) groups is 2. The summed E-state index contributed by atoms with van der Waals surface area (Å²) in [6, 6.07) is 9.09. The lowest BCUT2D eigenvalue weighted by atomic mass is 10.2. The van der Waals surface area contributed by atoms with Crippen molar-refractivity contribution < 1.29 is 14.0 Å². The molecule has 0 saturated heterocycles. The average molecular weight is 326 g/mol. The molecule has 2 amide bonds. The first-order chi connectivity index (χ1) is 11.6. The van der Waals surface area contributed by atoms with Gasteiger partial charge in [0.1, 0.15) is 6.04 Å². The highest BCUT2D eigenvalue weighted by atomic mass is 16.4. The summed E-state index contributed by atoms with van der Waals surface area (Å²) in [5.41, 5.74) is 5.77. The number of para-hydroxylation sites is 2. The standard InChI is InChI=1S/C16H14N4O4/c1-10(20-12-6-2-3-7-13(12)24-16(20)23)14(21)18-19-15(22)11-5-4-8-17-9-11/h2-10H,1H3,(H,18,21)(H,19,22). The van der Waals surface area contributed by atoms with Gasteiger partial charge in [-0.3, -0.25) is 30.0 Å². The number of aromatic nitrogens is 2. The summed E-state index contributed by atoms with van der Waals surface area (Å²) in [6.07, 6.45) is 2.91. The second kappa shape index (κ2) is 6.37. The summed E-state index contributed by atoms with van der Waals surface area (Å²) in [6.45, 7) is 1.54. The third kappa shape index (κ3) is 2.89. The molecule has 24 heavy (non-hydrogen) atoms. The Labute approximate surface area is 136 Å². The van der Waals surface area contributed by atoms with Crippen LogP contribution in [-0.4, -0.2) is 21.4 Å². The Morgan fingerprint density at radius 3 is 2.71 bits per heavy atom. The average Bonchev–Trinajstić information content (AvgIpc) is 2.95. The van der Waals surface area contributed by atoms with Crippen LogP contribution in [-0.2, 0) is 4.79 Å². The van der Waals surface area contributed by atoms with Crippen molar-refractivity contribution >= 4 is 22.9 Å². The molecule has 0 aliphatic rings. The van der Waals surface area contributed by atoms with Crippen molar-refractivity contribution in [3.63, 3.8) is 0 Å². The number of pyridine rings is 1. The van der Waals surface area contributed by atoms with Crippen molar-refractivity contribution in [1.82, 2.24) is 20.4 Å². The smallest absolute Gasteiger partial charge is 0.408 e. The van der Waals surface area contributed by atoms with Gasteiger partial charge in [0, 0.05) is 12.4 Å². The van der Waals surface area contributed by atoms with Crippen molar-refractivity contribution in [3.05, 3.63) is 64.9 Å². The Morgan fingerprint density at radius 2 is 1.96 bits per heavy atom. The van der Waals surface area contributed by atoms with E-state index >= 15 is 0 Å². The lowest BCUT2D eigenvalue weighted by molar-refractivity contribution is -0.124. The molecule has 2 aromatic heterocycles. The molecule has 122 valence electrons. The van der Waals surface area contributed by atoms with E-state index in [4.69, 9.17) is 4.42 Å². The summed E-state index contributed by atoms with van der Waals surface area (Å²) >= 11 is 0. The summed E-state index contributed by atoms with van der Waals surface area (Å²) in [7, 11) is 0. The molecule has 1 unspecified atom stereocenters. The van der Waals surface area contributed by atoms with Crippen LogP contribution in [0, 0.1) is 0 Å². The van der Waals surface area contributed by atoms with E-state index < -0.39 is 23.6 Å². The monoisotopic (exact) mass is 326 g/mol. The predicted molar refractivity (Wildman–Crippen MR) is 85.0 cm³/mol. The SMILES string of the molecule is CC(C(=O)NNC(=O)c1cccnc1)n1c(=O)oc2ccccc21. The molecule has 0 aliphatic heterocycles. The molecular weight excluding hydrogens is 312 g/mol. The van der Waals surface area contributed by atoms with Gasteiger partial charge in [0.05, 0.1) is 11.1 Å². The Hall–Kier alpha value is -3.42. The Balaban J connectivity index is 1.74. The van der Waals surface area contributed by atoms with Crippen LogP contribution in [0.25, 0.3) is 11.1 Å². The van der Waals surface area contributed by atoms with Gasteiger partial charge in [0.2, 0.25) is 0 Å². The number of amides is 2. The minimum Gasteiger partial charge on any atom is -0.408 e. The van der Waals surface area contributed by atoms with Gasteiger partial charge in [-0.2, -0.15) is 0 Å². The van der Waals surface area contributed by atoms with Crippen LogP contribution in [0.15, 0.2) is 58.0 Å².